The second-order valence-corrected chi connectivity index (χ2v) is 5.56. The number of carboxylic acid groups (broad SMARTS) is 1. The molecule has 0 aliphatic heterocycles. The van der Waals surface area contributed by atoms with Gasteiger partial charge in [0.2, 0.25) is 5.91 Å². The van der Waals surface area contributed by atoms with Gasteiger partial charge in [-0.2, -0.15) is 0 Å². The van der Waals surface area contributed by atoms with E-state index in [0.717, 1.165) is 17.7 Å². The molecular weight excluding hydrogens is 252 g/mol. The Bertz CT molecular complexity index is 419. The Morgan fingerprint density at radius 1 is 1.44 bits per heavy atom. The van der Waals surface area contributed by atoms with Crippen molar-refractivity contribution in [3.63, 3.8) is 0 Å². The highest BCUT2D eigenvalue weighted by molar-refractivity contribution is 7.09. The fourth-order valence-electron chi connectivity index (χ4n) is 2.30. The minimum absolute atomic E-state index is 0.0330. The van der Waals surface area contributed by atoms with Gasteiger partial charge in [0, 0.05) is 17.0 Å². The van der Waals surface area contributed by atoms with E-state index in [0.29, 0.717) is 19.4 Å². The molecule has 2 unspecified atom stereocenters. The van der Waals surface area contributed by atoms with E-state index in [9.17, 15) is 9.59 Å². The van der Waals surface area contributed by atoms with E-state index in [1.807, 2.05) is 0 Å². The molecule has 0 spiro atoms. The number of aromatic nitrogens is 1. The quantitative estimate of drug-likeness (QED) is 0.870. The van der Waals surface area contributed by atoms with E-state index >= 15 is 0 Å². The Morgan fingerprint density at radius 2 is 2.22 bits per heavy atom. The first-order valence-electron chi connectivity index (χ1n) is 6.04. The topological polar surface area (TPSA) is 79.3 Å². The average Bonchev–Trinajstić information content (AvgIpc) is 2.89. The lowest BCUT2D eigenvalue weighted by molar-refractivity contribution is -0.144. The van der Waals surface area contributed by atoms with Crippen molar-refractivity contribution in [1.82, 2.24) is 10.3 Å². The van der Waals surface area contributed by atoms with E-state index < -0.39 is 5.97 Å². The Morgan fingerprint density at radius 3 is 2.89 bits per heavy atom. The summed E-state index contributed by atoms with van der Waals surface area (Å²) in [7, 11) is 0. The number of aliphatic carboxylic acids is 1. The smallest absolute Gasteiger partial charge is 0.306 e. The van der Waals surface area contributed by atoms with Gasteiger partial charge in [0.1, 0.15) is 0 Å². The van der Waals surface area contributed by atoms with Gasteiger partial charge in [-0.15, -0.1) is 11.3 Å². The van der Waals surface area contributed by atoms with Gasteiger partial charge >= 0.3 is 5.97 Å². The lowest BCUT2D eigenvalue weighted by Gasteiger charge is -2.25. The fraction of sp³-hybridized carbons (Fsp3) is 0.583. The highest BCUT2D eigenvalue weighted by Crippen LogP contribution is 2.29. The summed E-state index contributed by atoms with van der Waals surface area (Å²) < 4.78 is 0. The van der Waals surface area contributed by atoms with Crippen LogP contribution in [0.5, 0.6) is 0 Å². The molecule has 2 rings (SSSR count). The molecule has 1 aromatic rings. The van der Waals surface area contributed by atoms with Crippen LogP contribution in [-0.4, -0.2) is 22.0 Å². The van der Waals surface area contributed by atoms with Crippen LogP contribution in [-0.2, 0) is 16.1 Å². The maximum Gasteiger partial charge on any atom is 0.306 e. The summed E-state index contributed by atoms with van der Waals surface area (Å²) in [5, 5.41) is 11.8. The predicted molar refractivity (Wildman–Crippen MR) is 67.0 cm³/mol. The summed E-state index contributed by atoms with van der Waals surface area (Å²) in [6.45, 7) is 0.484. The molecule has 5 nitrogen and oxygen atoms in total. The van der Waals surface area contributed by atoms with Gasteiger partial charge in [0.05, 0.1) is 18.0 Å². The van der Waals surface area contributed by atoms with Crippen molar-refractivity contribution in [2.45, 2.75) is 32.2 Å². The molecule has 0 saturated heterocycles. The molecule has 2 atom stereocenters. The summed E-state index contributed by atoms with van der Waals surface area (Å²) >= 11 is 1.50. The van der Waals surface area contributed by atoms with E-state index in [2.05, 4.69) is 10.3 Å². The minimum Gasteiger partial charge on any atom is -0.481 e. The van der Waals surface area contributed by atoms with Crippen LogP contribution < -0.4 is 5.32 Å². The second-order valence-electron chi connectivity index (χ2n) is 4.58. The van der Waals surface area contributed by atoms with Crippen LogP contribution in [0.25, 0.3) is 0 Å². The lowest BCUT2D eigenvalue weighted by atomic mass is 9.81. The van der Waals surface area contributed by atoms with Crippen molar-refractivity contribution in [2.24, 2.45) is 11.8 Å². The molecule has 1 aromatic heterocycles. The van der Waals surface area contributed by atoms with E-state index in [1.165, 1.54) is 11.3 Å². The lowest BCUT2D eigenvalue weighted by Crippen LogP contribution is -2.35. The van der Waals surface area contributed by atoms with E-state index in [-0.39, 0.29) is 17.7 Å². The molecule has 0 radical (unpaired) electrons. The molecule has 1 heterocycles. The normalized spacial score (nSPS) is 23.6. The monoisotopic (exact) mass is 268 g/mol. The fourth-order valence-corrected chi connectivity index (χ4v) is 2.83. The largest absolute Gasteiger partial charge is 0.481 e. The molecular formula is C12H16N2O3S. The number of carbonyl (C=O) groups excluding carboxylic acids is 1. The molecule has 6 heteroatoms. The van der Waals surface area contributed by atoms with Gasteiger partial charge in [-0.3, -0.25) is 14.6 Å². The van der Waals surface area contributed by atoms with Gasteiger partial charge < -0.3 is 10.4 Å². The maximum atomic E-state index is 11.9. The first kappa shape index (κ1) is 13.0. The van der Waals surface area contributed by atoms with Crippen LogP contribution in [0.3, 0.4) is 0 Å². The SMILES string of the molecule is O=C(O)C1CCCC(C(=O)NCc2cncs2)C1. The molecule has 18 heavy (non-hydrogen) atoms. The summed E-state index contributed by atoms with van der Waals surface area (Å²) in [6, 6.07) is 0. The Labute approximate surface area is 109 Å². The number of carbonyl (C=O) groups is 2. The van der Waals surface area contributed by atoms with Crippen LogP contribution >= 0.6 is 11.3 Å². The molecule has 0 bridgehead atoms. The Hall–Kier alpha value is -1.43. The van der Waals surface area contributed by atoms with Crippen molar-refractivity contribution in [3.05, 3.63) is 16.6 Å². The first-order valence-corrected chi connectivity index (χ1v) is 6.92. The Balaban J connectivity index is 1.83. The highest BCUT2D eigenvalue weighted by atomic mass is 32.1. The molecule has 1 fully saturated rings. The highest BCUT2D eigenvalue weighted by Gasteiger charge is 2.30. The van der Waals surface area contributed by atoms with Crippen LogP contribution in [0.2, 0.25) is 0 Å². The van der Waals surface area contributed by atoms with Crippen molar-refractivity contribution < 1.29 is 14.7 Å². The zero-order valence-corrected chi connectivity index (χ0v) is 10.8. The summed E-state index contributed by atoms with van der Waals surface area (Å²) in [5.41, 5.74) is 1.72. The van der Waals surface area contributed by atoms with Crippen LogP contribution in [0, 0.1) is 11.8 Å². The van der Waals surface area contributed by atoms with Gasteiger partial charge in [0.15, 0.2) is 0 Å². The molecule has 2 N–H and O–H groups in total. The van der Waals surface area contributed by atoms with E-state index in [4.69, 9.17) is 5.11 Å². The van der Waals surface area contributed by atoms with Gasteiger partial charge in [-0.25, -0.2) is 0 Å². The summed E-state index contributed by atoms with van der Waals surface area (Å²) in [6.07, 6.45) is 4.48. The average molecular weight is 268 g/mol. The maximum absolute atomic E-state index is 11.9. The number of thiazole rings is 1. The molecule has 1 saturated carbocycles. The van der Waals surface area contributed by atoms with Crippen molar-refractivity contribution in [1.29, 1.82) is 0 Å². The number of nitrogens with zero attached hydrogens (tertiary/aromatic N) is 1. The third kappa shape index (κ3) is 3.29. The zero-order valence-electron chi connectivity index (χ0n) is 9.96. The number of rotatable bonds is 4. The number of amides is 1. The third-order valence-electron chi connectivity index (χ3n) is 3.31. The van der Waals surface area contributed by atoms with Gasteiger partial charge in [-0.1, -0.05) is 6.42 Å². The summed E-state index contributed by atoms with van der Waals surface area (Å²) in [4.78, 5) is 27.8. The predicted octanol–water partition coefficient (Wildman–Crippen LogP) is 1.65. The molecule has 0 aromatic carbocycles. The zero-order chi connectivity index (χ0) is 13.0. The first-order chi connectivity index (χ1) is 8.66. The van der Waals surface area contributed by atoms with Gasteiger partial charge in [-0.05, 0) is 19.3 Å². The number of carboxylic acids is 1. The van der Waals surface area contributed by atoms with Crippen molar-refractivity contribution >= 4 is 23.2 Å². The van der Waals surface area contributed by atoms with E-state index in [1.54, 1.807) is 11.7 Å². The third-order valence-corrected chi connectivity index (χ3v) is 4.09. The molecule has 1 aliphatic carbocycles. The molecule has 1 amide bonds. The number of hydrogen-bond acceptors (Lipinski definition) is 4. The van der Waals surface area contributed by atoms with Gasteiger partial charge in [0.25, 0.3) is 0 Å². The minimum atomic E-state index is -0.782. The summed E-state index contributed by atoms with van der Waals surface area (Å²) in [5.74, 6) is -1.34. The van der Waals surface area contributed by atoms with Crippen molar-refractivity contribution in [2.75, 3.05) is 0 Å². The number of nitrogens with one attached hydrogen (secondary N) is 1. The van der Waals surface area contributed by atoms with Crippen molar-refractivity contribution in [3.8, 4) is 0 Å². The second kappa shape index (κ2) is 5.95. The molecule has 98 valence electrons. The Kier molecular flexibility index (Phi) is 4.30. The van der Waals surface area contributed by atoms with Crippen LogP contribution in [0.1, 0.15) is 30.6 Å². The molecule has 1 aliphatic rings. The van der Waals surface area contributed by atoms with Crippen LogP contribution in [0.4, 0.5) is 0 Å². The number of hydrogen-bond donors (Lipinski definition) is 2. The standard InChI is InChI=1S/C12H16N2O3S/c15-11(14-6-10-5-13-7-18-10)8-2-1-3-9(4-8)12(16)17/h5,7-9H,1-4,6H2,(H,14,15)(H,16,17). The van der Waals surface area contributed by atoms with Crippen LogP contribution in [0.15, 0.2) is 11.7 Å².